The quantitative estimate of drug-likeness (QED) is 0.712. The number of hydrogen-bond acceptors (Lipinski definition) is 4. The number of halogens is 1. The monoisotopic (exact) mass is 390 g/mol. The second-order valence-corrected chi connectivity index (χ2v) is 6.54. The topological polar surface area (TPSA) is 90.3 Å². The van der Waals surface area contributed by atoms with E-state index in [1.807, 2.05) is 36.4 Å². The second-order valence-electron chi connectivity index (χ2n) is 6.10. The molecule has 0 radical (unpaired) electrons. The molecular formula is C19H19ClN2O5. The lowest BCUT2D eigenvalue weighted by atomic mass is 10.1. The molecule has 0 atom stereocenters. The number of ether oxygens (including phenoxy) is 1. The highest BCUT2D eigenvalue weighted by molar-refractivity contribution is 6.31. The number of carbonyl (C=O) groups is 2. The van der Waals surface area contributed by atoms with Crippen LogP contribution in [-0.2, 0) is 6.61 Å². The van der Waals surface area contributed by atoms with Gasteiger partial charge in [-0.1, -0.05) is 29.8 Å². The third-order valence-electron chi connectivity index (χ3n) is 4.35. The molecule has 1 aliphatic heterocycles. The summed E-state index contributed by atoms with van der Waals surface area (Å²) in [6.07, 6.45) is -1.92. The molecule has 0 spiro atoms. The molecule has 0 saturated heterocycles. The summed E-state index contributed by atoms with van der Waals surface area (Å²) >= 11 is 6.18. The molecule has 3 rings (SSSR count). The number of imide groups is 1. The molecule has 8 heteroatoms. The van der Waals surface area contributed by atoms with Gasteiger partial charge in [-0.3, -0.25) is 0 Å². The third kappa shape index (κ3) is 4.25. The molecule has 2 aromatic rings. The van der Waals surface area contributed by atoms with Crippen molar-refractivity contribution in [1.29, 1.82) is 0 Å². The number of fused-ring (bicyclic) bond motifs is 2. The molecular weight excluding hydrogens is 372 g/mol. The lowest BCUT2D eigenvalue weighted by molar-refractivity contribution is 0.122. The molecule has 0 saturated carbocycles. The molecule has 0 aromatic heterocycles. The van der Waals surface area contributed by atoms with Crippen molar-refractivity contribution in [2.24, 2.45) is 0 Å². The van der Waals surface area contributed by atoms with Crippen LogP contribution in [0.3, 0.4) is 0 Å². The van der Waals surface area contributed by atoms with Gasteiger partial charge < -0.3 is 19.8 Å². The summed E-state index contributed by atoms with van der Waals surface area (Å²) in [6.45, 7) is 0.937. The van der Waals surface area contributed by atoms with E-state index in [1.54, 1.807) is 6.07 Å². The van der Waals surface area contributed by atoms with Gasteiger partial charge in [0.2, 0.25) is 0 Å². The zero-order valence-electron chi connectivity index (χ0n) is 14.5. The lowest BCUT2D eigenvalue weighted by Crippen LogP contribution is -2.35. The SMILES string of the molecule is O=C(O)N(CCCCN1c2ccccc2COc2ccc(Cl)cc21)C(=O)O. The van der Waals surface area contributed by atoms with Crippen LogP contribution in [0, 0.1) is 0 Å². The maximum atomic E-state index is 11.0. The summed E-state index contributed by atoms with van der Waals surface area (Å²) in [5, 5.41) is 18.4. The third-order valence-corrected chi connectivity index (χ3v) is 4.59. The minimum absolute atomic E-state index is 0.0704. The number of anilines is 2. The van der Waals surface area contributed by atoms with Crippen LogP contribution in [0.15, 0.2) is 42.5 Å². The fourth-order valence-corrected chi connectivity index (χ4v) is 3.23. The molecule has 0 unspecified atom stereocenters. The van der Waals surface area contributed by atoms with Crippen LogP contribution in [0.5, 0.6) is 5.75 Å². The fraction of sp³-hybridized carbons (Fsp3) is 0.263. The average molecular weight is 391 g/mol. The average Bonchev–Trinajstić information content (AvgIpc) is 2.78. The number of unbranched alkanes of at least 4 members (excludes halogenated alkanes) is 1. The zero-order valence-corrected chi connectivity index (χ0v) is 15.2. The number of para-hydroxylation sites is 1. The Hall–Kier alpha value is -2.93. The van der Waals surface area contributed by atoms with Crippen LogP contribution >= 0.6 is 11.6 Å². The van der Waals surface area contributed by atoms with E-state index in [-0.39, 0.29) is 6.54 Å². The fourth-order valence-electron chi connectivity index (χ4n) is 3.06. The summed E-state index contributed by atoms with van der Waals surface area (Å²) in [4.78, 5) is 24.4. The molecule has 0 aliphatic carbocycles. The van der Waals surface area contributed by atoms with E-state index in [0.717, 1.165) is 16.9 Å². The van der Waals surface area contributed by atoms with Crippen molar-refractivity contribution in [3.8, 4) is 5.75 Å². The normalized spacial score (nSPS) is 12.4. The molecule has 2 N–H and O–H groups in total. The van der Waals surface area contributed by atoms with Crippen LogP contribution in [0.25, 0.3) is 0 Å². The molecule has 0 bridgehead atoms. The standard InChI is InChI=1S/C19H19ClN2O5/c20-14-7-8-17-16(11-14)21(15-6-2-1-5-13(15)12-27-17)9-3-4-10-22(18(23)24)19(25)26/h1-2,5-8,11H,3-4,9-10,12H2,(H,23,24)(H,25,26). The summed E-state index contributed by atoms with van der Waals surface area (Å²) in [7, 11) is 0. The first-order valence-electron chi connectivity index (χ1n) is 8.48. The van der Waals surface area contributed by atoms with Gasteiger partial charge in [-0.25, -0.2) is 14.5 Å². The Balaban J connectivity index is 1.79. The molecule has 0 fully saturated rings. The number of carboxylic acid groups (broad SMARTS) is 2. The smallest absolute Gasteiger partial charge is 0.416 e. The van der Waals surface area contributed by atoms with Gasteiger partial charge >= 0.3 is 12.2 Å². The van der Waals surface area contributed by atoms with Crippen LogP contribution in [-0.4, -0.2) is 40.4 Å². The van der Waals surface area contributed by atoms with Crippen molar-refractivity contribution in [2.75, 3.05) is 18.0 Å². The summed E-state index contributed by atoms with van der Waals surface area (Å²) < 4.78 is 5.90. The maximum absolute atomic E-state index is 11.0. The minimum Gasteiger partial charge on any atom is -0.487 e. The van der Waals surface area contributed by atoms with Gasteiger partial charge in [-0.15, -0.1) is 0 Å². The molecule has 27 heavy (non-hydrogen) atoms. The van der Waals surface area contributed by atoms with Gasteiger partial charge in [0.1, 0.15) is 12.4 Å². The van der Waals surface area contributed by atoms with Crippen molar-refractivity contribution in [3.63, 3.8) is 0 Å². The van der Waals surface area contributed by atoms with Crippen LogP contribution in [0.4, 0.5) is 21.0 Å². The highest BCUT2D eigenvalue weighted by Gasteiger charge is 2.22. The summed E-state index contributed by atoms with van der Waals surface area (Å²) in [5.41, 5.74) is 2.86. The van der Waals surface area contributed by atoms with Crippen molar-refractivity contribution >= 4 is 35.2 Å². The zero-order chi connectivity index (χ0) is 19.4. The van der Waals surface area contributed by atoms with Crippen LogP contribution in [0.2, 0.25) is 5.02 Å². The number of rotatable bonds is 5. The lowest BCUT2D eigenvalue weighted by Gasteiger charge is -2.26. The van der Waals surface area contributed by atoms with Gasteiger partial charge in [0.15, 0.2) is 0 Å². The minimum atomic E-state index is -1.46. The summed E-state index contributed by atoms with van der Waals surface area (Å²) in [5.74, 6) is 0.716. The maximum Gasteiger partial charge on any atom is 0.416 e. The van der Waals surface area contributed by atoms with Crippen LogP contribution < -0.4 is 9.64 Å². The molecule has 142 valence electrons. The molecule has 2 amide bonds. The highest BCUT2D eigenvalue weighted by Crippen LogP contribution is 2.40. The van der Waals surface area contributed by atoms with E-state index in [0.29, 0.717) is 41.7 Å². The first-order valence-corrected chi connectivity index (χ1v) is 8.86. The Morgan fingerprint density at radius 2 is 1.81 bits per heavy atom. The Labute approximate surface area is 161 Å². The van der Waals surface area contributed by atoms with Crippen molar-refractivity contribution < 1.29 is 24.5 Å². The van der Waals surface area contributed by atoms with Gasteiger partial charge in [-0.05, 0) is 37.1 Å². The molecule has 7 nitrogen and oxygen atoms in total. The molecule has 1 heterocycles. The highest BCUT2D eigenvalue weighted by atomic mass is 35.5. The Morgan fingerprint density at radius 1 is 1.07 bits per heavy atom. The molecule has 2 aromatic carbocycles. The Bertz CT molecular complexity index is 844. The number of benzene rings is 2. The van der Waals surface area contributed by atoms with Crippen molar-refractivity contribution in [3.05, 3.63) is 53.1 Å². The van der Waals surface area contributed by atoms with E-state index in [9.17, 15) is 9.59 Å². The summed E-state index contributed by atoms with van der Waals surface area (Å²) in [6, 6.07) is 13.3. The van der Waals surface area contributed by atoms with Gasteiger partial charge in [-0.2, -0.15) is 0 Å². The van der Waals surface area contributed by atoms with Gasteiger partial charge in [0.25, 0.3) is 0 Å². The predicted molar refractivity (Wildman–Crippen MR) is 101 cm³/mol. The molecule has 1 aliphatic rings. The van der Waals surface area contributed by atoms with E-state index in [2.05, 4.69) is 4.90 Å². The first-order chi connectivity index (χ1) is 13.0. The van der Waals surface area contributed by atoms with E-state index < -0.39 is 12.2 Å². The van der Waals surface area contributed by atoms with Gasteiger partial charge in [0.05, 0.1) is 5.69 Å². The Morgan fingerprint density at radius 3 is 2.56 bits per heavy atom. The van der Waals surface area contributed by atoms with Crippen molar-refractivity contribution in [1.82, 2.24) is 4.90 Å². The number of hydrogen-bond donors (Lipinski definition) is 2. The van der Waals surface area contributed by atoms with E-state index in [4.69, 9.17) is 26.6 Å². The predicted octanol–water partition coefficient (Wildman–Crippen LogP) is 4.81. The Kier molecular flexibility index (Phi) is 5.71. The van der Waals surface area contributed by atoms with Crippen LogP contribution in [0.1, 0.15) is 18.4 Å². The number of amides is 2. The van der Waals surface area contributed by atoms with E-state index in [1.165, 1.54) is 0 Å². The largest absolute Gasteiger partial charge is 0.487 e. The van der Waals surface area contributed by atoms with E-state index >= 15 is 0 Å². The second kappa shape index (κ2) is 8.18. The van der Waals surface area contributed by atoms with Gasteiger partial charge in [0, 0.05) is 29.4 Å². The first kappa shape index (κ1) is 18.8. The van der Waals surface area contributed by atoms with Crippen molar-refractivity contribution in [2.45, 2.75) is 19.4 Å². The number of nitrogens with zero attached hydrogens (tertiary/aromatic N) is 2.